The third kappa shape index (κ3) is 5.72. The van der Waals surface area contributed by atoms with Crippen LogP contribution in [0.25, 0.3) is 11.5 Å². The molecule has 33 heavy (non-hydrogen) atoms. The number of aliphatic carboxylic acids is 1. The Bertz CT molecular complexity index is 1050. The average molecular weight is 465 g/mol. The minimum atomic E-state index is -3.04. The second kappa shape index (κ2) is 10.1. The molecular formula is C22H25F2N3O6. The molecule has 1 aromatic carbocycles. The minimum absolute atomic E-state index is 0.0200. The maximum atomic E-state index is 12.9. The molecule has 0 unspecified atom stereocenters. The molecule has 0 saturated heterocycles. The van der Waals surface area contributed by atoms with Gasteiger partial charge in [0.25, 0.3) is 0 Å². The third-order valence-corrected chi connectivity index (χ3v) is 5.16. The van der Waals surface area contributed by atoms with Crippen LogP contribution in [0, 0.1) is 17.2 Å². The number of ether oxygens (including phenoxy) is 2. The standard InChI is InChI=1S/C22H25F2N3O6/c1-3-13(21(29)30)16(26)18(28)17-19(10(2)25)33-20(27-17)12-6-7-14(32-22(23)24)15(8-12)31-9-11-4-5-11/h6-8,10-11,13,22,26H,3-5,9,25H2,1-2H3,(H,29,30)/t10-,13-/m0/s1. The molecule has 0 aliphatic heterocycles. The topological polar surface area (TPSA) is 149 Å². The number of halogens is 2. The number of ketones is 1. The van der Waals surface area contributed by atoms with Crippen molar-refractivity contribution in [1.82, 2.24) is 4.98 Å². The fourth-order valence-corrected chi connectivity index (χ4v) is 3.15. The van der Waals surface area contributed by atoms with E-state index in [4.69, 9.17) is 20.3 Å². The zero-order valence-electron chi connectivity index (χ0n) is 18.1. The number of nitrogens with zero attached hydrogens (tertiary/aromatic N) is 1. The van der Waals surface area contributed by atoms with Gasteiger partial charge in [-0.25, -0.2) is 4.98 Å². The van der Waals surface area contributed by atoms with Gasteiger partial charge in [-0.3, -0.25) is 9.59 Å². The average Bonchev–Trinajstić information content (AvgIpc) is 3.47. The number of carboxylic acids is 1. The Morgan fingerprint density at radius 3 is 2.58 bits per heavy atom. The summed E-state index contributed by atoms with van der Waals surface area (Å²) in [7, 11) is 0. The van der Waals surface area contributed by atoms with E-state index in [2.05, 4.69) is 9.72 Å². The molecule has 1 fully saturated rings. The number of carbonyl (C=O) groups excluding carboxylic acids is 1. The van der Waals surface area contributed by atoms with Crippen molar-refractivity contribution in [2.24, 2.45) is 17.6 Å². The summed E-state index contributed by atoms with van der Waals surface area (Å²) in [5, 5.41) is 17.3. The molecule has 1 aliphatic rings. The van der Waals surface area contributed by atoms with Crippen LogP contribution >= 0.6 is 0 Å². The van der Waals surface area contributed by atoms with Gasteiger partial charge in [-0.05, 0) is 50.3 Å². The zero-order valence-corrected chi connectivity index (χ0v) is 18.1. The number of nitrogens with two attached hydrogens (primary N) is 1. The van der Waals surface area contributed by atoms with Crippen molar-refractivity contribution in [2.45, 2.75) is 45.8 Å². The largest absolute Gasteiger partial charge is 0.489 e. The molecule has 178 valence electrons. The molecule has 11 heteroatoms. The van der Waals surface area contributed by atoms with Gasteiger partial charge < -0.3 is 30.1 Å². The first-order chi connectivity index (χ1) is 15.6. The predicted octanol–water partition coefficient (Wildman–Crippen LogP) is 4.06. The van der Waals surface area contributed by atoms with Crippen molar-refractivity contribution in [3.05, 3.63) is 29.7 Å². The van der Waals surface area contributed by atoms with E-state index in [0.717, 1.165) is 12.8 Å². The van der Waals surface area contributed by atoms with Gasteiger partial charge in [0.1, 0.15) is 5.92 Å². The Morgan fingerprint density at radius 1 is 1.33 bits per heavy atom. The number of aromatic nitrogens is 1. The molecule has 1 saturated carbocycles. The molecular weight excluding hydrogens is 440 g/mol. The van der Waals surface area contributed by atoms with Gasteiger partial charge in [0, 0.05) is 5.56 Å². The molecule has 3 rings (SSSR count). The third-order valence-electron chi connectivity index (χ3n) is 5.16. The van der Waals surface area contributed by atoms with Crippen LogP contribution < -0.4 is 15.2 Å². The zero-order chi connectivity index (χ0) is 24.3. The molecule has 0 amide bonds. The summed E-state index contributed by atoms with van der Waals surface area (Å²) in [5.74, 6) is -3.31. The molecule has 0 radical (unpaired) electrons. The molecule has 0 spiro atoms. The second-order valence-electron chi connectivity index (χ2n) is 7.86. The number of Topliss-reactive ketones (excluding diaryl/α,β-unsaturated/α-hetero) is 1. The summed E-state index contributed by atoms with van der Waals surface area (Å²) >= 11 is 0. The van der Waals surface area contributed by atoms with Crippen molar-refractivity contribution < 1.29 is 37.4 Å². The number of oxazole rings is 1. The Kier molecular flexibility index (Phi) is 7.42. The number of rotatable bonds is 12. The van der Waals surface area contributed by atoms with Gasteiger partial charge >= 0.3 is 12.6 Å². The summed E-state index contributed by atoms with van der Waals surface area (Å²) in [6.07, 6.45) is 2.04. The maximum absolute atomic E-state index is 12.9. The van der Waals surface area contributed by atoms with Crippen molar-refractivity contribution in [1.29, 1.82) is 5.41 Å². The molecule has 1 aromatic heterocycles. The summed E-state index contributed by atoms with van der Waals surface area (Å²) < 4.78 is 41.4. The SMILES string of the molecule is CC[C@@H](C(=N)C(=O)c1nc(-c2ccc(OC(F)F)c(OCC3CC3)c2)oc1[C@H](C)N)C(=O)O. The van der Waals surface area contributed by atoms with Crippen molar-refractivity contribution >= 4 is 17.5 Å². The lowest BCUT2D eigenvalue weighted by molar-refractivity contribution is -0.139. The monoisotopic (exact) mass is 465 g/mol. The van der Waals surface area contributed by atoms with Crippen LogP contribution in [0.4, 0.5) is 8.78 Å². The smallest absolute Gasteiger partial charge is 0.387 e. The lowest BCUT2D eigenvalue weighted by Crippen LogP contribution is -2.30. The van der Waals surface area contributed by atoms with E-state index in [-0.39, 0.29) is 35.3 Å². The number of benzene rings is 1. The van der Waals surface area contributed by atoms with E-state index < -0.39 is 36.0 Å². The Balaban J connectivity index is 1.97. The number of carboxylic acid groups (broad SMARTS) is 1. The normalized spacial score (nSPS) is 15.2. The van der Waals surface area contributed by atoms with Gasteiger partial charge in [0.05, 0.1) is 18.4 Å². The predicted molar refractivity (Wildman–Crippen MR) is 113 cm³/mol. The van der Waals surface area contributed by atoms with E-state index in [1.165, 1.54) is 18.2 Å². The molecule has 1 heterocycles. The first-order valence-corrected chi connectivity index (χ1v) is 10.5. The maximum Gasteiger partial charge on any atom is 0.387 e. The van der Waals surface area contributed by atoms with E-state index in [9.17, 15) is 23.5 Å². The highest BCUT2D eigenvalue weighted by Crippen LogP contribution is 2.37. The number of nitrogens with one attached hydrogen (secondary N) is 1. The van der Waals surface area contributed by atoms with E-state index >= 15 is 0 Å². The minimum Gasteiger partial charge on any atom is -0.489 e. The van der Waals surface area contributed by atoms with Crippen LogP contribution in [-0.4, -0.2) is 40.8 Å². The van der Waals surface area contributed by atoms with Gasteiger partial charge in [-0.15, -0.1) is 0 Å². The quantitative estimate of drug-likeness (QED) is 0.314. The number of hydrogen-bond acceptors (Lipinski definition) is 8. The van der Waals surface area contributed by atoms with Crippen molar-refractivity contribution in [3.63, 3.8) is 0 Å². The van der Waals surface area contributed by atoms with Crippen LogP contribution in [0.15, 0.2) is 22.6 Å². The van der Waals surface area contributed by atoms with Crippen molar-refractivity contribution in [3.8, 4) is 23.0 Å². The molecule has 9 nitrogen and oxygen atoms in total. The van der Waals surface area contributed by atoms with Crippen molar-refractivity contribution in [2.75, 3.05) is 6.61 Å². The van der Waals surface area contributed by atoms with Gasteiger partial charge in [-0.2, -0.15) is 8.78 Å². The molecule has 2 aromatic rings. The van der Waals surface area contributed by atoms with E-state index in [1.807, 2.05) is 0 Å². The van der Waals surface area contributed by atoms with E-state index in [1.54, 1.807) is 13.8 Å². The molecule has 4 N–H and O–H groups in total. The Labute approximate surface area is 188 Å². The number of hydrogen-bond donors (Lipinski definition) is 3. The lowest BCUT2D eigenvalue weighted by Gasteiger charge is -2.12. The summed E-state index contributed by atoms with van der Waals surface area (Å²) in [4.78, 5) is 28.4. The number of alkyl halides is 2. The summed E-state index contributed by atoms with van der Waals surface area (Å²) in [6, 6.07) is 3.31. The first-order valence-electron chi connectivity index (χ1n) is 10.5. The highest BCUT2D eigenvalue weighted by Gasteiger charge is 2.32. The fourth-order valence-electron chi connectivity index (χ4n) is 3.15. The van der Waals surface area contributed by atoms with E-state index in [0.29, 0.717) is 18.1 Å². The van der Waals surface area contributed by atoms with Gasteiger partial charge in [0.15, 0.2) is 23.0 Å². The Hall–Kier alpha value is -3.34. The van der Waals surface area contributed by atoms with Crippen LogP contribution in [0.3, 0.4) is 0 Å². The second-order valence-corrected chi connectivity index (χ2v) is 7.86. The van der Waals surface area contributed by atoms with Gasteiger partial charge in [0.2, 0.25) is 11.7 Å². The summed E-state index contributed by atoms with van der Waals surface area (Å²) in [5.41, 5.74) is 5.31. The highest BCUT2D eigenvalue weighted by molar-refractivity contribution is 6.47. The highest BCUT2D eigenvalue weighted by atomic mass is 19.3. The fraction of sp³-hybridized carbons (Fsp3) is 0.455. The van der Waals surface area contributed by atoms with Crippen LogP contribution in [-0.2, 0) is 4.79 Å². The lowest BCUT2D eigenvalue weighted by atomic mass is 9.95. The molecule has 2 atom stereocenters. The van der Waals surface area contributed by atoms with Crippen LogP contribution in [0.1, 0.15) is 55.4 Å². The Morgan fingerprint density at radius 2 is 2.03 bits per heavy atom. The van der Waals surface area contributed by atoms with Gasteiger partial charge in [-0.1, -0.05) is 6.92 Å². The first kappa shape index (κ1) is 24.3. The number of carbonyl (C=O) groups is 2. The molecule has 1 aliphatic carbocycles. The van der Waals surface area contributed by atoms with Crippen LogP contribution in [0.2, 0.25) is 0 Å². The molecule has 0 bridgehead atoms. The summed E-state index contributed by atoms with van der Waals surface area (Å²) in [6.45, 7) is 0.395. The van der Waals surface area contributed by atoms with Crippen LogP contribution in [0.5, 0.6) is 11.5 Å².